The van der Waals surface area contributed by atoms with Gasteiger partial charge in [-0.05, 0) is 6.07 Å². The van der Waals surface area contributed by atoms with Gasteiger partial charge in [0.25, 0.3) is 0 Å². The summed E-state index contributed by atoms with van der Waals surface area (Å²) in [5, 5.41) is 0.983. The van der Waals surface area contributed by atoms with E-state index in [0.717, 1.165) is 11.5 Å². The molecule has 0 radical (unpaired) electrons. The minimum absolute atomic E-state index is 0.409. The Labute approximate surface area is 115 Å². The van der Waals surface area contributed by atoms with E-state index in [2.05, 4.69) is 16.9 Å². The number of aromatic amines is 1. The minimum atomic E-state index is 0.409. The lowest BCUT2D eigenvalue weighted by molar-refractivity contribution is 0.181. The minimum Gasteiger partial charge on any atom is -0.378 e. The highest BCUT2D eigenvalue weighted by atomic mass is 32.2. The number of nitrogens with zero attached hydrogens (tertiary/aromatic N) is 1. The molecule has 6 heteroatoms. The number of hydrogen-bond acceptors (Lipinski definition) is 5. The van der Waals surface area contributed by atoms with Crippen LogP contribution in [0.15, 0.2) is 6.07 Å². The van der Waals surface area contributed by atoms with Gasteiger partial charge in [0.1, 0.15) is 10.5 Å². The fraction of sp³-hybridized carbons (Fsp3) is 0.636. The first-order valence-electron chi connectivity index (χ1n) is 5.53. The summed E-state index contributed by atoms with van der Waals surface area (Å²) in [5.74, 6) is 3.39. The molecule has 0 amide bonds. The van der Waals surface area contributed by atoms with Gasteiger partial charge in [0, 0.05) is 29.6 Å². The normalized spacial score (nSPS) is 24.8. The molecule has 0 saturated carbocycles. The van der Waals surface area contributed by atoms with Gasteiger partial charge in [-0.15, -0.1) is 11.8 Å². The van der Waals surface area contributed by atoms with Crippen LogP contribution in [0.2, 0.25) is 0 Å². The Hall–Kier alpha value is -0.0400. The zero-order valence-corrected chi connectivity index (χ0v) is 12.4. The fourth-order valence-corrected chi connectivity index (χ4v) is 4.78. The zero-order valence-electron chi connectivity index (χ0n) is 9.93. The second kappa shape index (κ2) is 6.22. The molecule has 1 aromatic rings. The molecule has 17 heavy (non-hydrogen) atoms. The lowest BCUT2D eigenvalue weighted by Gasteiger charge is -2.27. The highest BCUT2D eigenvalue weighted by Crippen LogP contribution is 2.40. The average Bonchev–Trinajstić information content (AvgIpc) is 2.29. The highest BCUT2D eigenvalue weighted by molar-refractivity contribution is 8.06. The molecule has 1 saturated heterocycles. The van der Waals surface area contributed by atoms with E-state index in [0.29, 0.717) is 21.7 Å². The molecule has 94 valence electrons. The van der Waals surface area contributed by atoms with Gasteiger partial charge in [0.05, 0.1) is 11.9 Å². The number of aromatic nitrogens is 2. The summed E-state index contributed by atoms with van der Waals surface area (Å²) >= 11 is 9.16. The van der Waals surface area contributed by atoms with E-state index >= 15 is 0 Å². The summed E-state index contributed by atoms with van der Waals surface area (Å²) in [6, 6.07) is 1.87. The Bertz CT molecular complexity index is 435. The second-order valence-corrected chi connectivity index (χ2v) is 7.08. The van der Waals surface area contributed by atoms with Gasteiger partial charge in [-0.3, -0.25) is 0 Å². The van der Waals surface area contributed by atoms with Crippen molar-refractivity contribution in [3.8, 4) is 0 Å². The quantitative estimate of drug-likeness (QED) is 0.865. The molecule has 1 aromatic heterocycles. The van der Waals surface area contributed by atoms with Crippen molar-refractivity contribution in [3.63, 3.8) is 0 Å². The van der Waals surface area contributed by atoms with Crippen LogP contribution in [0.25, 0.3) is 0 Å². The maximum atomic E-state index is 5.21. The predicted octanol–water partition coefficient (Wildman–Crippen LogP) is 3.20. The van der Waals surface area contributed by atoms with Crippen LogP contribution in [0, 0.1) is 4.64 Å². The maximum Gasteiger partial charge on any atom is 0.130 e. The summed E-state index contributed by atoms with van der Waals surface area (Å²) in [6.45, 7) is 2.81. The van der Waals surface area contributed by atoms with Crippen molar-refractivity contribution in [2.75, 3.05) is 18.6 Å². The maximum absolute atomic E-state index is 5.21. The molecular formula is C11H16N2OS3. The third kappa shape index (κ3) is 3.47. The lowest BCUT2D eigenvalue weighted by atomic mass is 10.3. The second-order valence-electron chi connectivity index (χ2n) is 3.93. The third-order valence-corrected chi connectivity index (χ3v) is 5.88. The molecule has 3 nitrogen and oxygen atoms in total. The van der Waals surface area contributed by atoms with Crippen LogP contribution in [-0.4, -0.2) is 33.8 Å². The molecule has 0 spiro atoms. The molecule has 2 atom stereocenters. The topological polar surface area (TPSA) is 37.9 Å². The largest absolute Gasteiger partial charge is 0.378 e. The van der Waals surface area contributed by atoms with Crippen molar-refractivity contribution in [1.29, 1.82) is 0 Å². The first-order chi connectivity index (χ1) is 8.20. The molecule has 0 aliphatic carbocycles. The number of hydrogen-bond donors (Lipinski definition) is 1. The summed E-state index contributed by atoms with van der Waals surface area (Å²) in [7, 11) is 1.69. The first kappa shape index (κ1) is 13.4. The van der Waals surface area contributed by atoms with E-state index < -0.39 is 0 Å². The first-order valence-corrected chi connectivity index (χ1v) is 8.03. The van der Waals surface area contributed by atoms with Crippen LogP contribution in [0.3, 0.4) is 0 Å². The van der Waals surface area contributed by atoms with Crippen molar-refractivity contribution in [2.45, 2.75) is 24.0 Å². The number of H-pyrrole nitrogens is 1. The van der Waals surface area contributed by atoms with E-state index in [-0.39, 0.29) is 0 Å². The number of rotatable bonds is 3. The van der Waals surface area contributed by atoms with Crippen LogP contribution in [-0.2, 0) is 11.3 Å². The van der Waals surface area contributed by atoms with E-state index in [4.69, 9.17) is 17.0 Å². The van der Waals surface area contributed by atoms with Gasteiger partial charge in [0.2, 0.25) is 0 Å². The van der Waals surface area contributed by atoms with Crippen LogP contribution in [0.1, 0.15) is 23.7 Å². The fourth-order valence-electron chi connectivity index (χ4n) is 1.83. The van der Waals surface area contributed by atoms with Gasteiger partial charge in [-0.25, -0.2) is 4.98 Å². The van der Waals surface area contributed by atoms with Crippen LogP contribution in [0.5, 0.6) is 0 Å². The lowest BCUT2D eigenvalue weighted by Crippen LogP contribution is -2.18. The number of methoxy groups -OCH3 is 1. The third-order valence-electron chi connectivity index (χ3n) is 2.57. The van der Waals surface area contributed by atoms with E-state index in [1.807, 2.05) is 29.6 Å². The van der Waals surface area contributed by atoms with Gasteiger partial charge in [0.15, 0.2) is 0 Å². The molecule has 0 bridgehead atoms. The summed E-state index contributed by atoms with van der Waals surface area (Å²) in [5.41, 5.74) is 1.01. The van der Waals surface area contributed by atoms with Crippen LogP contribution < -0.4 is 0 Å². The highest BCUT2D eigenvalue weighted by Gasteiger charge is 2.26. The van der Waals surface area contributed by atoms with Crippen molar-refractivity contribution < 1.29 is 4.74 Å². The van der Waals surface area contributed by atoms with Gasteiger partial charge in [-0.2, -0.15) is 11.8 Å². The Morgan fingerprint density at radius 3 is 3.00 bits per heavy atom. The molecule has 0 aromatic carbocycles. The molecular weight excluding hydrogens is 272 g/mol. The van der Waals surface area contributed by atoms with Crippen molar-refractivity contribution in [1.82, 2.24) is 9.97 Å². The summed E-state index contributed by atoms with van der Waals surface area (Å²) < 4.78 is 5.78. The number of thioether (sulfide) groups is 2. The molecule has 1 aliphatic rings. The summed E-state index contributed by atoms with van der Waals surface area (Å²) in [6.07, 6.45) is 0. The Morgan fingerprint density at radius 2 is 2.29 bits per heavy atom. The molecule has 1 N–H and O–H groups in total. The van der Waals surface area contributed by atoms with Gasteiger partial charge < -0.3 is 9.72 Å². The predicted molar refractivity (Wildman–Crippen MR) is 77.3 cm³/mol. The van der Waals surface area contributed by atoms with Crippen molar-refractivity contribution in [3.05, 3.63) is 22.2 Å². The standard InChI is InChI=1S/C11H16N2OS3/c1-7-10(17-4-3-16-7)11-12-8(6-14-2)5-9(15)13-11/h5,7,10H,3-4,6H2,1-2H3,(H,12,13,15). The van der Waals surface area contributed by atoms with E-state index in [9.17, 15) is 0 Å². The van der Waals surface area contributed by atoms with Crippen molar-refractivity contribution in [2.24, 2.45) is 0 Å². The SMILES string of the molecule is COCc1cc(=S)nc(C2SCCSC2C)[nH]1. The monoisotopic (exact) mass is 288 g/mol. The van der Waals surface area contributed by atoms with Crippen LogP contribution in [0.4, 0.5) is 0 Å². The molecule has 1 fully saturated rings. The number of nitrogens with one attached hydrogen (secondary N) is 1. The number of ether oxygens (including phenoxy) is 1. The molecule has 2 unspecified atom stereocenters. The zero-order chi connectivity index (χ0) is 12.3. The molecule has 2 heterocycles. The Kier molecular flexibility index (Phi) is 4.90. The Balaban J connectivity index is 2.27. The van der Waals surface area contributed by atoms with Gasteiger partial charge in [-0.1, -0.05) is 19.1 Å². The van der Waals surface area contributed by atoms with E-state index in [1.54, 1.807) is 7.11 Å². The smallest absolute Gasteiger partial charge is 0.130 e. The van der Waals surface area contributed by atoms with Gasteiger partial charge >= 0.3 is 0 Å². The van der Waals surface area contributed by atoms with Crippen LogP contribution >= 0.6 is 35.7 Å². The molecule has 2 rings (SSSR count). The average molecular weight is 288 g/mol. The molecule has 1 aliphatic heterocycles. The van der Waals surface area contributed by atoms with E-state index in [1.165, 1.54) is 11.5 Å². The summed E-state index contributed by atoms with van der Waals surface area (Å²) in [4.78, 5) is 7.81. The Morgan fingerprint density at radius 1 is 1.53 bits per heavy atom. The van der Waals surface area contributed by atoms with Crippen molar-refractivity contribution >= 4 is 35.7 Å².